The third-order valence-electron chi connectivity index (χ3n) is 2.82. The van der Waals surface area contributed by atoms with Crippen molar-refractivity contribution in [1.29, 1.82) is 0 Å². The summed E-state index contributed by atoms with van der Waals surface area (Å²) < 4.78 is 0. The lowest BCUT2D eigenvalue weighted by Gasteiger charge is -2.31. The van der Waals surface area contributed by atoms with Gasteiger partial charge in [-0.25, -0.2) is 0 Å². The zero-order valence-corrected chi connectivity index (χ0v) is 11.9. The molecule has 4 heteroatoms. The van der Waals surface area contributed by atoms with Crippen molar-refractivity contribution < 1.29 is 4.79 Å². The first-order chi connectivity index (χ1) is 7.88. The molecule has 1 aromatic rings. The molecule has 1 amide bonds. The van der Waals surface area contributed by atoms with Crippen LogP contribution in [0.3, 0.4) is 0 Å². The number of carbonyl (C=O) groups excluding carboxylic acids is 1. The van der Waals surface area contributed by atoms with Crippen LogP contribution >= 0.6 is 11.3 Å². The Kier molecular flexibility index (Phi) is 4.71. The van der Waals surface area contributed by atoms with E-state index in [2.05, 4.69) is 19.2 Å². The second-order valence-electron chi connectivity index (χ2n) is 5.29. The second-order valence-corrected chi connectivity index (χ2v) is 6.03. The van der Waals surface area contributed by atoms with E-state index in [1.165, 1.54) is 0 Å². The number of thiophene rings is 1. The summed E-state index contributed by atoms with van der Waals surface area (Å²) >= 11 is 1.55. The van der Waals surface area contributed by atoms with Gasteiger partial charge in [0.1, 0.15) is 0 Å². The summed E-state index contributed by atoms with van der Waals surface area (Å²) in [6.45, 7) is 8.69. The average Bonchev–Trinajstić information content (AvgIpc) is 2.63. The third kappa shape index (κ3) is 3.82. The highest BCUT2D eigenvalue weighted by Crippen LogP contribution is 2.18. The summed E-state index contributed by atoms with van der Waals surface area (Å²) in [5, 5.41) is 6.93. The van der Waals surface area contributed by atoms with E-state index in [9.17, 15) is 4.79 Å². The number of nitrogens with one attached hydrogen (secondary N) is 1. The van der Waals surface area contributed by atoms with Crippen molar-refractivity contribution in [3.63, 3.8) is 0 Å². The number of nitrogens with two attached hydrogens (primary N) is 1. The standard InChI is InChI=1S/C13H22N2OS/c1-9(2)5-13(4,8-14)15-12(16)11-7-17-6-10(11)3/h6-7,9H,5,8,14H2,1-4H3,(H,15,16). The van der Waals surface area contributed by atoms with E-state index in [1.807, 2.05) is 24.6 Å². The van der Waals surface area contributed by atoms with Crippen LogP contribution in [0.5, 0.6) is 0 Å². The summed E-state index contributed by atoms with van der Waals surface area (Å²) in [5.41, 5.74) is 7.25. The van der Waals surface area contributed by atoms with E-state index in [0.29, 0.717) is 12.5 Å². The molecule has 0 aliphatic rings. The fraction of sp³-hybridized carbons (Fsp3) is 0.615. The van der Waals surface area contributed by atoms with E-state index >= 15 is 0 Å². The molecule has 0 aliphatic carbocycles. The molecule has 3 N–H and O–H groups in total. The van der Waals surface area contributed by atoms with Crippen LogP contribution < -0.4 is 11.1 Å². The maximum Gasteiger partial charge on any atom is 0.252 e. The van der Waals surface area contributed by atoms with Gasteiger partial charge in [-0.3, -0.25) is 4.79 Å². The van der Waals surface area contributed by atoms with E-state index in [4.69, 9.17) is 5.73 Å². The minimum Gasteiger partial charge on any atom is -0.346 e. The lowest BCUT2D eigenvalue weighted by Crippen LogP contribution is -2.52. The predicted molar refractivity (Wildman–Crippen MR) is 73.4 cm³/mol. The van der Waals surface area contributed by atoms with Gasteiger partial charge in [-0.2, -0.15) is 11.3 Å². The third-order valence-corrected chi connectivity index (χ3v) is 3.69. The van der Waals surface area contributed by atoms with Crippen LogP contribution in [0.25, 0.3) is 0 Å². The first-order valence-corrected chi connectivity index (χ1v) is 6.87. The Morgan fingerprint density at radius 3 is 2.59 bits per heavy atom. The number of hydrogen-bond acceptors (Lipinski definition) is 3. The number of carbonyl (C=O) groups is 1. The largest absolute Gasteiger partial charge is 0.346 e. The van der Waals surface area contributed by atoms with Gasteiger partial charge in [-0.15, -0.1) is 0 Å². The van der Waals surface area contributed by atoms with Crippen LogP contribution in [0.4, 0.5) is 0 Å². The molecule has 0 aromatic carbocycles. The van der Waals surface area contributed by atoms with E-state index < -0.39 is 0 Å². The summed E-state index contributed by atoms with van der Waals surface area (Å²) in [7, 11) is 0. The summed E-state index contributed by atoms with van der Waals surface area (Å²) in [6.07, 6.45) is 0.887. The van der Waals surface area contributed by atoms with Crippen molar-refractivity contribution in [2.45, 2.75) is 39.7 Å². The molecule has 1 rings (SSSR count). The Morgan fingerprint density at radius 2 is 2.18 bits per heavy atom. The molecule has 0 aliphatic heterocycles. The Balaban J connectivity index is 2.75. The highest BCUT2D eigenvalue weighted by atomic mass is 32.1. The van der Waals surface area contributed by atoms with Gasteiger partial charge < -0.3 is 11.1 Å². The molecule has 0 saturated carbocycles. The zero-order chi connectivity index (χ0) is 13.1. The molecule has 0 spiro atoms. The molecular weight excluding hydrogens is 232 g/mol. The van der Waals surface area contributed by atoms with Crippen molar-refractivity contribution in [2.75, 3.05) is 6.54 Å². The van der Waals surface area contributed by atoms with Crippen LogP contribution in [-0.2, 0) is 0 Å². The van der Waals surface area contributed by atoms with Crippen molar-refractivity contribution >= 4 is 17.2 Å². The molecule has 0 bridgehead atoms. The van der Waals surface area contributed by atoms with Crippen molar-refractivity contribution in [1.82, 2.24) is 5.32 Å². The van der Waals surface area contributed by atoms with Crippen molar-refractivity contribution in [2.24, 2.45) is 11.7 Å². The van der Waals surface area contributed by atoms with E-state index in [-0.39, 0.29) is 11.4 Å². The van der Waals surface area contributed by atoms with Crippen LogP contribution in [-0.4, -0.2) is 18.0 Å². The lowest BCUT2D eigenvalue weighted by atomic mass is 9.90. The highest BCUT2D eigenvalue weighted by Gasteiger charge is 2.26. The normalized spacial score (nSPS) is 14.7. The Labute approximate surface area is 107 Å². The summed E-state index contributed by atoms with van der Waals surface area (Å²) in [6, 6.07) is 0. The predicted octanol–water partition coefficient (Wildman–Crippen LogP) is 2.55. The summed E-state index contributed by atoms with van der Waals surface area (Å²) in [4.78, 5) is 12.1. The van der Waals surface area contributed by atoms with Gasteiger partial charge in [0.25, 0.3) is 5.91 Å². The number of rotatable bonds is 5. The minimum atomic E-state index is -0.320. The average molecular weight is 254 g/mol. The molecule has 3 nitrogen and oxygen atoms in total. The highest BCUT2D eigenvalue weighted by molar-refractivity contribution is 7.08. The van der Waals surface area contributed by atoms with Gasteiger partial charge in [0, 0.05) is 17.5 Å². The van der Waals surface area contributed by atoms with Gasteiger partial charge >= 0.3 is 0 Å². The minimum absolute atomic E-state index is 0.0163. The number of hydrogen-bond donors (Lipinski definition) is 2. The first kappa shape index (κ1) is 14.2. The maximum atomic E-state index is 12.1. The van der Waals surface area contributed by atoms with Gasteiger partial charge in [-0.05, 0) is 37.1 Å². The smallest absolute Gasteiger partial charge is 0.252 e. The Hall–Kier alpha value is -0.870. The van der Waals surface area contributed by atoms with E-state index in [0.717, 1.165) is 17.5 Å². The van der Waals surface area contributed by atoms with Crippen molar-refractivity contribution in [3.8, 4) is 0 Å². The second kappa shape index (κ2) is 5.65. The molecule has 1 aromatic heterocycles. The number of amides is 1. The number of aryl methyl sites for hydroxylation is 1. The Bertz CT molecular complexity index is 387. The van der Waals surface area contributed by atoms with E-state index in [1.54, 1.807) is 11.3 Å². The fourth-order valence-corrected chi connectivity index (χ4v) is 2.85. The quantitative estimate of drug-likeness (QED) is 0.848. The zero-order valence-electron chi connectivity index (χ0n) is 11.0. The van der Waals surface area contributed by atoms with Crippen molar-refractivity contribution in [3.05, 3.63) is 21.9 Å². The molecule has 0 radical (unpaired) electrons. The van der Waals surface area contributed by atoms with Crippen LogP contribution in [0.1, 0.15) is 43.1 Å². The fourth-order valence-electron chi connectivity index (χ4n) is 2.02. The molecule has 1 heterocycles. The van der Waals surface area contributed by atoms with Crippen LogP contribution in [0.2, 0.25) is 0 Å². The molecule has 0 fully saturated rings. The molecule has 1 unspecified atom stereocenters. The molecule has 17 heavy (non-hydrogen) atoms. The first-order valence-electron chi connectivity index (χ1n) is 5.93. The topological polar surface area (TPSA) is 55.1 Å². The SMILES string of the molecule is Cc1cscc1C(=O)NC(C)(CN)CC(C)C. The van der Waals surface area contributed by atoms with Gasteiger partial charge in [0.15, 0.2) is 0 Å². The summed E-state index contributed by atoms with van der Waals surface area (Å²) in [5.74, 6) is 0.491. The molecule has 96 valence electrons. The monoisotopic (exact) mass is 254 g/mol. The van der Waals surface area contributed by atoms with Gasteiger partial charge in [0.2, 0.25) is 0 Å². The maximum absolute atomic E-state index is 12.1. The van der Waals surface area contributed by atoms with Gasteiger partial charge in [0.05, 0.1) is 5.56 Å². The molecule has 0 saturated heterocycles. The molecule has 1 atom stereocenters. The lowest BCUT2D eigenvalue weighted by molar-refractivity contribution is 0.0898. The van der Waals surface area contributed by atoms with Crippen LogP contribution in [0, 0.1) is 12.8 Å². The Morgan fingerprint density at radius 1 is 1.53 bits per heavy atom. The van der Waals surface area contributed by atoms with Gasteiger partial charge in [-0.1, -0.05) is 13.8 Å². The van der Waals surface area contributed by atoms with Crippen LogP contribution in [0.15, 0.2) is 10.8 Å². The molecular formula is C13H22N2OS.